The van der Waals surface area contributed by atoms with Crippen LogP contribution in [0.2, 0.25) is 0 Å². The minimum atomic E-state index is 0.528. The fraction of sp³-hybridized carbons (Fsp3) is 0.333. The van der Waals surface area contributed by atoms with Gasteiger partial charge >= 0.3 is 0 Å². The van der Waals surface area contributed by atoms with Gasteiger partial charge in [-0.1, -0.05) is 18.7 Å². The van der Waals surface area contributed by atoms with E-state index in [2.05, 4.69) is 6.58 Å². The quantitative estimate of drug-likeness (QED) is 0.505. The Morgan fingerprint density at radius 3 is 2.25 bits per heavy atom. The van der Waals surface area contributed by atoms with Gasteiger partial charge in [-0.2, -0.15) is 0 Å². The zero-order valence-electron chi connectivity index (χ0n) is 4.93. The summed E-state index contributed by atoms with van der Waals surface area (Å²) in [7, 11) is 0. The molecule has 46 valence electrons. The van der Waals surface area contributed by atoms with Crippen molar-refractivity contribution in [1.82, 2.24) is 0 Å². The van der Waals surface area contributed by atoms with E-state index in [1.165, 1.54) is 0 Å². The van der Waals surface area contributed by atoms with Gasteiger partial charge in [-0.15, -0.1) is 0 Å². The molecule has 0 radical (unpaired) electrons. The van der Waals surface area contributed by atoms with Gasteiger partial charge in [0.2, 0.25) is 0 Å². The van der Waals surface area contributed by atoms with E-state index in [1.54, 1.807) is 6.08 Å². The molecule has 0 heterocycles. The first-order valence-corrected chi connectivity index (χ1v) is 2.56. The average molecular weight is 112 g/mol. The van der Waals surface area contributed by atoms with Gasteiger partial charge in [0.25, 0.3) is 0 Å². The largest absolute Gasteiger partial charge is 0.327 e. The molecule has 0 fully saturated rings. The molecule has 0 bridgehead atoms. The van der Waals surface area contributed by atoms with Crippen molar-refractivity contribution in [1.29, 1.82) is 0 Å². The molecule has 2 heteroatoms. The molecule has 0 aliphatic carbocycles. The molecule has 0 aromatic carbocycles. The van der Waals surface area contributed by atoms with E-state index in [0.717, 1.165) is 5.57 Å². The molecule has 0 aromatic heterocycles. The summed E-state index contributed by atoms with van der Waals surface area (Å²) in [6.45, 7) is 4.62. The zero-order valence-corrected chi connectivity index (χ0v) is 4.93. The second-order valence-electron chi connectivity index (χ2n) is 1.42. The predicted octanol–water partition coefficient (Wildman–Crippen LogP) is 0.0162. The van der Waals surface area contributed by atoms with Crippen LogP contribution in [0.5, 0.6) is 0 Å². The molecule has 0 unspecified atom stereocenters. The van der Waals surface area contributed by atoms with Crippen LogP contribution in [0.3, 0.4) is 0 Å². The Balaban J connectivity index is 3.66. The Hall–Kier alpha value is -0.600. The summed E-state index contributed by atoms with van der Waals surface area (Å²) in [6.07, 6.45) is 3.57. The number of nitrogens with two attached hydrogens (primary N) is 2. The Morgan fingerprint density at radius 1 is 1.50 bits per heavy atom. The van der Waals surface area contributed by atoms with Crippen molar-refractivity contribution >= 4 is 0 Å². The summed E-state index contributed by atoms with van der Waals surface area (Å²) in [5, 5.41) is 0. The molecule has 0 saturated carbocycles. The minimum absolute atomic E-state index is 0.528. The van der Waals surface area contributed by atoms with Crippen molar-refractivity contribution in [2.24, 2.45) is 11.5 Å². The molecule has 0 aromatic rings. The van der Waals surface area contributed by atoms with Crippen molar-refractivity contribution in [3.63, 3.8) is 0 Å². The molecule has 0 spiro atoms. The average Bonchev–Trinajstić information content (AvgIpc) is 1.83. The number of rotatable bonds is 3. The van der Waals surface area contributed by atoms with Gasteiger partial charge in [-0.3, -0.25) is 0 Å². The van der Waals surface area contributed by atoms with Crippen LogP contribution in [0, 0.1) is 0 Å². The summed E-state index contributed by atoms with van der Waals surface area (Å²) < 4.78 is 0. The Bertz CT molecular complexity index is 94.7. The van der Waals surface area contributed by atoms with Gasteiger partial charge in [0.05, 0.1) is 0 Å². The Morgan fingerprint density at radius 2 is 2.12 bits per heavy atom. The number of hydrogen-bond acceptors (Lipinski definition) is 2. The van der Waals surface area contributed by atoms with E-state index < -0.39 is 0 Å². The molecule has 2 nitrogen and oxygen atoms in total. The van der Waals surface area contributed by atoms with Crippen LogP contribution in [0.25, 0.3) is 0 Å². The van der Waals surface area contributed by atoms with Crippen molar-refractivity contribution in [2.75, 3.05) is 13.1 Å². The first-order chi connectivity index (χ1) is 3.85. The lowest BCUT2D eigenvalue weighted by Gasteiger charge is -1.91. The zero-order chi connectivity index (χ0) is 6.41. The summed E-state index contributed by atoms with van der Waals surface area (Å²) in [6, 6.07) is 0. The molecule has 0 atom stereocenters. The smallest absolute Gasteiger partial charge is 0.0175 e. The first-order valence-electron chi connectivity index (χ1n) is 2.56. The van der Waals surface area contributed by atoms with E-state index in [4.69, 9.17) is 11.5 Å². The highest BCUT2D eigenvalue weighted by Crippen LogP contribution is 1.88. The van der Waals surface area contributed by atoms with Gasteiger partial charge in [0.15, 0.2) is 0 Å². The highest BCUT2D eigenvalue weighted by atomic mass is 14.5. The van der Waals surface area contributed by atoms with Crippen molar-refractivity contribution in [3.05, 3.63) is 24.3 Å². The highest BCUT2D eigenvalue weighted by molar-refractivity contribution is 5.17. The maximum atomic E-state index is 5.27. The highest BCUT2D eigenvalue weighted by Gasteiger charge is 1.80. The number of hydrogen-bond donors (Lipinski definition) is 2. The second-order valence-corrected chi connectivity index (χ2v) is 1.42. The van der Waals surface area contributed by atoms with E-state index in [9.17, 15) is 0 Å². The molecule has 0 amide bonds. The lowest BCUT2D eigenvalue weighted by molar-refractivity contribution is 1.14. The molecule has 0 aliphatic rings. The minimum Gasteiger partial charge on any atom is -0.327 e. The Labute approximate surface area is 49.9 Å². The normalized spacial score (nSPS) is 11.5. The van der Waals surface area contributed by atoms with Gasteiger partial charge < -0.3 is 11.5 Å². The third-order valence-electron chi connectivity index (χ3n) is 0.878. The van der Waals surface area contributed by atoms with Gasteiger partial charge in [-0.05, 0) is 5.57 Å². The van der Waals surface area contributed by atoms with Crippen molar-refractivity contribution < 1.29 is 0 Å². The fourth-order valence-electron chi connectivity index (χ4n) is 0.401. The van der Waals surface area contributed by atoms with E-state index in [-0.39, 0.29) is 0 Å². The predicted molar refractivity (Wildman–Crippen MR) is 36.4 cm³/mol. The van der Waals surface area contributed by atoms with Crippen molar-refractivity contribution in [3.8, 4) is 0 Å². The van der Waals surface area contributed by atoms with Crippen LogP contribution < -0.4 is 11.5 Å². The maximum Gasteiger partial charge on any atom is 0.0175 e. The monoisotopic (exact) mass is 112 g/mol. The van der Waals surface area contributed by atoms with Gasteiger partial charge in [0.1, 0.15) is 0 Å². The fourth-order valence-corrected chi connectivity index (χ4v) is 0.401. The summed E-state index contributed by atoms with van der Waals surface area (Å²) >= 11 is 0. The summed E-state index contributed by atoms with van der Waals surface area (Å²) in [4.78, 5) is 0. The van der Waals surface area contributed by atoms with Crippen molar-refractivity contribution in [2.45, 2.75) is 0 Å². The van der Waals surface area contributed by atoms with Crippen LogP contribution in [-0.2, 0) is 0 Å². The van der Waals surface area contributed by atoms with Crippen LogP contribution in [0.1, 0.15) is 0 Å². The SMILES string of the molecule is C=C/C(=C\CN)CN. The first kappa shape index (κ1) is 7.40. The lowest BCUT2D eigenvalue weighted by atomic mass is 10.2. The van der Waals surface area contributed by atoms with Crippen LogP contribution in [0.4, 0.5) is 0 Å². The molecular formula is C6H12N2. The molecule has 8 heavy (non-hydrogen) atoms. The third-order valence-corrected chi connectivity index (χ3v) is 0.878. The van der Waals surface area contributed by atoms with E-state index in [1.807, 2.05) is 6.08 Å². The molecule has 0 saturated heterocycles. The molecule has 4 N–H and O–H groups in total. The van der Waals surface area contributed by atoms with Gasteiger partial charge in [0, 0.05) is 13.1 Å². The molecule has 0 rings (SSSR count). The second kappa shape index (κ2) is 4.56. The summed E-state index contributed by atoms with van der Waals surface area (Å²) in [5.41, 5.74) is 11.5. The topological polar surface area (TPSA) is 52.0 Å². The molecular weight excluding hydrogens is 100 g/mol. The van der Waals surface area contributed by atoms with Crippen LogP contribution in [0.15, 0.2) is 24.3 Å². The lowest BCUT2D eigenvalue weighted by Crippen LogP contribution is -2.03. The van der Waals surface area contributed by atoms with Crippen LogP contribution >= 0.6 is 0 Å². The van der Waals surface area contributed by atoms with Gasteiger partial charge in [-0.25, -0.2) is 0 Å². The Kier molecular flexibility index (Phi) is 4.21. The maximum absolute atomic E-state index is 5.27. The third kappa shape index (κ3) is 2.55. The van der Waals surface area contributed by atoms with Crippen LogP contribution in [-0.4, -0.2) is 13.1 Å². The van der Waals surface area contributed by atoms with E-state index in [0.29, 0.717) is 13.1 Å². The standard InChI is InChI=1S/C6H12N2/c1-2-6(5-8)3-4-7/h2-3H,1,4-5,7-8H2/b6-3+. The molecule has 0 aliphatic heterocycles. The van der Waals surface area contributed by atoms with E-state index >= 15 is 0 Å². The summed E-state index contributed by atoms with van der Waals surface area (Å²) in [5.74, 6) is 0.